The number of ketones is 1. The maximum Gasteiger partial charge on any atom is 0.218 e. The molecule has 2 atom stereocenters. The Balaban J connectivity index is 3.89. The van der Waals surface area contributed by atoms with E-state index in [2.05, 4.69) is 6.58 Å². The van der Waals surface area contributed by atoms with Crippen molar-refractivity contribution >= 4 is 11.7 Å². The minimum atomic E-state index is -0.408. The molecule has 2 N–H and O–H groups in total. The number of hydrogen-bond donors (Lipinski definition) is 1. The Morgan fingerprint density at radius 2 is 1.93 bits per heavy atom. The number of hydrogen-bond acceptors (Lipinski definition) is 2. The average Bonchev–Trinajstić information content (AvgIpc) is 2.13. The van der Waals surface area contributed by atoms with Gasteiger partial charge in [0.25, 0.3) is 0 Å². The van der Waals surface area contributed by atoms with Crippen LogP contribution < -0.4 is 5.73 Å². The summed E-state index contributed by atoms with van der Waals surface area (Å²) in [6.45, 7) is 7.44. The van der Waals surface area contributed by atoms with Gasteiger partial charge >= 0.3 is 0 Å². The predicted molar refractivity (Wildman–Crippen MR) is 61.2 cm³/mol. The summed E-state index contributed by atoms with van der Waals surface area (Å²) in [5, 5.41) is 0. The largest absolute Gasteiger partial charge is 0.370 e. The molecular formula is C12H21NO2. The fourth-order valence-corrected chi connectivity index (χ4v) is 1.46. The molecule has 0 bridgehead atoms. The van der Waals surface area contributed by atoms with Gasteiger partial charge in [-0.15, -0.1) is 6.58 Å². The Labute approximate surface area is 91.7 Å². The molecule has 86 valence electrons. The van der Waals surface area contributed by atoms with Gasteiger partial charge in [0, 0.05) is 18.8 Å². The van der Waals surface area contributed by atoms with Crippen LogP contribution in [0.3, 0.4) is 0 Å². The highest BCUT2D eigenvalue weighted by Crippen LogP contribution is 2.15. The molecular weight excluding hydrogens is 190 g/mol. The van der Waals surface area contributed by atoms with Crippen molar-refractivity contribution in [1.82, 2.24) is 0 Å². The summed E-state index contributed by atoms with van der Waals surface area (Å²) in [7, 11) is 0. The number of Topliss-reactive ketones (excluding diaryl/α,β-unsaturated/α-hetero) is 1. The summed E-state index contributed by atoms with van der Waals surface area (Å²) >= 11 is 0. The Morgan fingerprint density at radius 3 is 2.40 bits per heavy atom. The second-order valence-electron chi connectivity index (χ2n) is 4.21. The number of amides is 1. The molecule has 0 heterocycles. The van der Waals surface area contributed by atoms with Gasteiger partial charge in [0.2, 0.25) is 5.91 Å². The number of allylic oxidation sites excluding steroid dienone is 1. The van der Waals surface area contributed by atoms with E-state index in [9.17, 15) is 9.59 Å². The zero-order valence-corrected chi connectivity index (χ0v) is 9.66. The van der Waals surface area contributed by atoms with Gasteiger partial charge in [-0.2, -0.15) is 0 Å². The number of primary amides is 1. The van der Waals surface area contributed by atoms with Crippen LogP contribution in [0.5, 0.6) is 0 Å². The molecule has 0 aliphatic carbocycles. The highest BCUT2D eigenvalue weighted by molar-refractivity contribution is 5.86. The Hall–Kier alpha value is -1.12. The first-order chi connectivity index (χ1) is 6.97. The summed E-state index contributed by atoms with van der Waals surface area (Å²) in [5.74, 6) is -0.167. The number of carbonyl (C=O) groups excluding carboxylic acids is 2. The van der Waals surface area contributed by atoms with Gasteiger partial charge in [-0.25, -0.2) is 0 Å². The van der Waals surface area contributed by atoms with Crippen molar-refractivity contribution in [3.8, 4) is 0 Å². The summed E-state index contributed by atoms with van der Waals surface area (Å²) in [6.07, 6.45) is 4.44. The SMILES string of the molecule is C=CCC[C@H](C)CC(=O)[C@H](C)CC(N)=O. The third-order valence-electron chi connectivity index (χ3n) is 2.47. The van der Waals surface area contributed by atoms with Crippen molar-refractivity contribution in [2.45, 2.75) is 39.5 Å². The number of rotatable bonds is 8. The lowest BCUT2D eigenvalue weighted by atomic mass is 9.92. The number of carbonyl (C=O) groups is 2. The van der Waals surface area contributed by atoms with Crippen LogP contribution in [0.1, 0.15) is 39.5 Å². The molecule has 0 radical (unpaired) electrons. The summed E-state index contributed by atoms with van der Waals surface area (Å²) in [5.41, 5.74) is 5.04. The summed E-state index contributed by atoms with van der Waals surface area (Å²) in [6, 6.07) is 0. The lowest BCUT2D eigenvalue weighted by Gasteiger charge is -2.12. The van der Waals surface area contributed by atoms with E-state index >= 15 is 0 Å². The third kappa shape index (κ3) is 6.89. The van der Waals surface area contributed by atoms with Gasteiger partial charge in [-0.3, -0.25) is 9.59 Å². The van der Waals surface area contributed by atoms with E-state index < -0.39 is 5.91 Å². The molecule has 3 nitrogen and oxygen atoms in total. The second-order valence-corrected chi connectivity index (χ2v) is 4.21. The zero-order valence-electron chi connectivity index (χ0n) is 9.66. The highest BCUT2D eigenvalue weighted by Gasteiger charge is 2.17. The molecule has 0 saturated heterocycles. The van der Waals surface area contributed by atoms with Crippen LogP contribution in [0, 0.1) is 11.8 Å². The molecule has 15 heavy (non-hydrogen) atoms. The molecule has 0 aromatic rings. The van der Waals surface area contributed by atoms with Gasteiger partial charge in [0.15, 0.2) is 0 Å². The van der Waals surface area contributed by atoms with E-state index in [1.807, 2.05) is 13.0 Å². The van der Waals surface area contributed by atoms with Gasteiger partial charge in [0.1, 0.15) is 5.78 Å². The fraction of sp³-hybridized carbons (Fsp3) is 0.667. The topological polar surface area (TPSA) is 60.2 Å². The van der Waals surface area contributed by atoms with Crippen molar-refractivity contribution < 1.29 is 9.59 Å². The zero-order chi connectivity index (χ0) is 11.8. The van der Waals surface area contributed by atoms with Crippen LogP contribution in [0.2, 0.25) is 0 Å². The molecule has 0 fully saturated rings. The van der Waals surface area contributed by atoms with Crippen LogP contribution in [0.15, 0.2) is 12.7 Å². The molecule has 0 aliphatic heterocycles. The number of nitrogens with two attached hydrogens (primary N) is 1. The van der Waals surface area contributed by atoms with Gasteiger partial charge in [0.05, 0.1) is 0 Å². The quantitative estimate of drug-likeness (QED) is 0.625. The minimum Gasteiger partial charge on any atom is -0.370 e. The van der Waals surface area contributed by atoms with E-state index in [1.54, 1.807) is 6.92 Å². The van der Waals surface area contributed by atoms with E-state index in [1.165, 1.54) is 0 Å². The lowest BCUT2D eigenvalue weighted by Crippen LogP contribution is -2.21. The van der Waals surface area contributed by atoms with E-state index in [-0.39, 0.29) is 18.1 Å². The van der Waals surface area contributed by atoms with Gasteiger partial charge in [-0.1, -0.05) is 19.9 Å². The first-order valence-electron chi connectivity index (χ1n) is 5.39. The lowest BCUT2D eigenvalue weighted by molar-refractivity contribution is -0.127. The van der Waals surface area contributed by atoms with Crippen LogP contribution in [-0.2, 0) is 9.59 Å². The van der Waals surface area contributed by atoms with Crippen molar-refractivity contribution in [1.29, 1.82) is 0 Å². The third-order valence-corrected chi connectivity index (χ3v) is 2.47. The molecule has 0 unspecified atom stereocenters. The molecule has 1 amide bonds. The van der Waals surface area contributed by atoms with Crippen LogP contribution in [0.4, 0.5) is 0 Å². The molecule has 0 saturated carbocycles. The van der Waals surface area contributed by atoms with Crippen molar-refractivity contribution in [3.63, 3.8) is 0 Å². The smallest absolute Gasteiger partial charge is 0.218 e. The van der Waals surface area contributed by atoms with Crippen molar-refractivity contribution in [2.75, 3.05) is 0 Å². The minimum absolute atomic E-state index is 0.130. The second kappa shape index (κ2) is 7.21. The van der Waals surface area contributed by atoms with E-state index in [0.717, 1.165) is 12.8 Å². The Bertz CT molecular complexity index is 236. The normalized spacial score (nSPS) is 14.3. The van der Waals surface area contributed by atoms with Crippen molar-refractivity contribution in [2.24, 2.45) is 17.6 Å². The highest BCUT2D eigenvalue weighted by atomic mass is 16.1. The standard InChI is InChI=1S/C12H21NO2/c1-4-5-6-9(2)7-11(14)10(3)8-12(13)15/h4,9-10H,1,5-8H2,2-3H3,(H2,13,15)/t9-,10+/m0/s1. The maximum absolute atomic E-state index is 11.6. The monoisotopic (exact) mass is 211 g/mol. The maximum atomic E-state index is 11.6. The predicted octanol–water partition coefficient (Wildman–Crippen LogP) is 2.06. The first kappa shape index (κ1) is 13.9. The molecule has 0 aromatic carbocycles. The van der Waals surface area contributed by atoms with Crippen LogP contribution >= 0.6 is 0 Å². The fourth-order valence-electron chi connectivity index (χ4n) is 1.46. The van der Waals surface area contributed by atoms with Crippen LogP contribution in [0.25, 0.3) is 0 Å². The van der Waals surface area contributed by atoms with Gasteiger partial charge in [-0.05, 0) is 18.8 Å². The average molecular weight is 211 g/mol. The molecule has 0 spiro atoms. The Kier molecular flexibility index (Phi) is 6.67. The first-order valence-corrected chi connectivity index (χ1v) is 5.39. The molecule has 0 rings (SSSR count). The molecule has 0 aliphatic rings. The molecule has 3 heteroatoms. The Morgan fingerprint density at radius 1 is 1.33 bits per heavy atom. The van der Waals surface area contributed by atoms with Crippen LogP contribution in [-0.4, -0.2) is 11.7 Å². The van der Waals surface area contributed by atoms with E-state index in [4.69, 9.17) is 5.73 Å². The summed E-state index contributed by atoms with van der Waals surface area (Å²) < 4.78 is 0. The van der Waals surface area contributed by atoms with E-state index in [0.29, 0.717) is 12.3 Å². The molecule has 0 aromatic heterocycles. The summed E-state index contributed by atoms with van der Waals surface area (Å²) in [4.78, 5) is 22.2. The van der Waals surface area contributed by atoms with Crippen molar-refractivity contribution in [3.05, 3.63) is 12.7 Å². The van der Waals surface area contributed by atoms with Gasteiger partial charge < -0.3 is 5.73 Å².